The maximum absolute atomic E-state index is 12.3. The van der Waals surface area contributed by atoms with Crippen molar-refractivity contribution in [3.63, 3.8) is 0 Å². The van der Waals surface area contributed by atoms with Crippen molar-refractivity contribution in [2.24, 2.45) is 13.0 Å². The van der Waals surface area contributed by atoms with E-state index in [2.05, 4.69) is 10.4 Å². The Balaban J connectivity index is 1.62. The van der Waals surface area contributed by atoms with Crippen LogP contribution in [0.5, 0.6) is 0 Å². The summed E-state index contributed by atoms with van der Waals surface area (Å²) in [6, 6.07) is 5.06. The van der Waals surface area contributed by atoms with E-state index >= 15 is 0 Å². The van der Waals surface area contributed by atoms with Crippen molar-refractivity contribution in [3.8, 4) is 0 Å². The molecule has 1 aliphatic heterocycles. The first-order valence-electron chi connectivity index (χ1n) is 7.27. The molecule has 1 aliphatic rings. The van der Waals surface area contributed by atoms with Crippen LogP contribution in [-0.4, -0.2) is 39.6 Å². The summed E-state index contributed by atoms with van der Waals surface area (Å²) in [6.45, 7) is 1.05. The third-order valence-electron chi connectivity index (χ3n) is 3.78. The van der Waals surface area contributed by atoms with Gasteiger partial charge < -0.3 is 14.6 Å². The van der Waals surface area contributed by atoms with E-state index in [9.17, 15) is 9.59 Å². The lowest BCUT2D eigenvalue weighted by atomic mass is 9.97. The van der Waals surface area contributed by atoms with Gasteiger partial charge in [0, 0.05) is 32.4 Å². The predicted octanol–water partition coefficient (Wildman–Crippen LogP) is 1.50. The summed E-state index contributed by atoms with van der Waals surface area (Å²) in [5.74, 6) is 0.346. The zero-order chi connectivity index (χ0) is 15.5. The van der Waals surface area contributed by atoms with Gasteiger partial charge in [0.15, 0.2) is 11.6 Å². The first kappa shape index (κ1) is 14.4. The molecule has 116 valence electrons. The van der Waals surface area contributed by atoms with Crippen molar-refractivity contribution in [1.29, 1.82) is 0 Å². The molecule has 0 radical (unpaired) electrons. The van der Waals surface area contributed by atoms with Gasteiger partial charge in [-0.3, -0.25) is 14.3 Å². The number of nitrogens with zero attached hydrogens (tertiary/aromatic N) is 3. The minimum atomic E-state index is -0.227. The Morgan fingerprint density at radius 2 is 2.27 bits per heavy atom. The first-order chi connectivity index (χ1) is 10.6. The molecule has 0 unspecified atom stereocenters. The third kappa shape index (κ3) is 3.03. The largest absolute Gasteiger partial charge is 0.459 e. The first-order valence-corrected chi connectivity index (χ1v) is 7.27. The predicted molar refractivity (Wildman–Crippen MR) is 79.2 cm³/mol. The van der Waals surface area contributed by atoms with E-state index in [1.54, 1.807) is 41.0 Å². The second kappa shape index (κ2) is 6.05. The molecule has 1 N–H and O–H groups in total. The van der Waals surface area contributed by atoms with E-state index < -0.39 is 0 Å². The molecule has 0 bridgehead atoms. The van der Waals surface area contributed by atoms with Crippen LogP contribution >= 0.6 is 0 Å². The zero-order valence-corrected chi connectivity index (χ0v) is 12.4. The quantitative estimate of drug-likeness (QED) is 0.932. The van der Waals surface area contributed by atoms with Gasteiger partial charge >= 0.3 is 0 Å². The lowest BCUT2D eigenvalue weighted by Crippen LogP contribution is -2.43. The Kier molecular flexibility index (Phi) is 3.95. The number of rotatable bonds is 3. The second-order valence-electron chi connectivity index (χ2n) is 5.43. The standard InChI is InChI=1S/C15H18N4O3/c1-18-8-6-13(17-18)16-14(20)11-4-2-7-19(10-11)15(21)12-5-3-9-22-12/h3,5-6,8-9,11H,2,4,7,10H2,1H3,(H,16,17,20)/t11-/m0/s1. The number of aromatic nitrogens is 2. The van der Waals surface area contributed by atoms with E-state index in [0.29, 0.717) is 24.7 Å². The van der Waals surface area contributed by atoms with Gasteiger partial charge in [0.05, 0.1) is 12.2 Å². The van der Waals surface area contributed by atoms with Crippen LogP contribution in [0, 0.1) is 5.92 Å². The number of hydrogen-bond acceptors (Lipinski definition) is 4. The number of aryl methyl sites for hydroxylation is 1. The van der Waals surface area contributed by atoms with Crippen LogP contribution < -0.4 is 5.32 Å². The van der Waals surface area contributed by atoms with Crippen molar-refractivity contribution in [3.05, 3.63) is 36.4 Å². The van der Waals surface area contributed by atoms with Gasteiger partial charge in [-0.05, 0) is 25.0 Å². The van der Waals surface area contributed by atoms with Gasteiger partial charge in [0.25, 0.3) is 5.91 Å². The van der Waals surface area contributed by atoms with Gasteiger partial charge in [-0.15, -0.1) is 0 Å². The molecule has 1 atom stereocenters. The molecule has 2 aromatic rings. The molecule has 0 aliphatic carbocycles. The number of carbonyl (C=O) groups excluding carboxylic acids is 2. The fourth-order valence-corrected chi connectivity index (χ4v) is 2.64. The fourth-order valence-electron chi connectivity index (χ4n) is 2.64. The minimum absolute atomic E-state index is 0.101. The molecule has 0 aromatic carbocycles. The Labute approximate surface area is 127 Å². The number of hydrogen-bond donors (Lipinski definition) is 1. The molecule has 0 saturated carbocycles. The maximum atomic E-state index is 12.3. The van der Waals surface area contributed by atoms with Crippen molar-refractivity contribution < 1.29 is 14.0 Å². The molecule has 7 nitrogen and oxygen atoms in total. The lowest BCUT2D eigenvalue weighted by Gasteiger charge is -2.31. The summed E-state index contributed by atoms with van der Waals surface area (Å²) >= 11 is 0. The molecule has 3 heterocycles. The summed E-state index contributed by atoms with van der Waals surface area (Å²) in [6.07, 6.45) is 4.80. The van der Waals surface area contributed by atoms with Crippen LogP contribution in [0.2, 0.25) is 0 Å². The number of anilines is 1. The highest BCUT2D eigenvalue weighted by molar-refractivity contribution is 5.94. The van der Waals surface area contributed by atoms with E-state index in [1.165, 1.54) is 6.26 Å². The lowest BCUT2D eigenvalue weighted by molar-refractivity contribution is -0.121. The maximum Gasteiger partial charge on any atom is 0.289 e. The second-order valence-corrected chi connectivity index (χ2v) is 5.43. The molecule has 1 fully saturated rings. The summed E-state index contributed by atoms with van der Waals surface area (Å²) in [5, 5.41) is 6.92. The van der Waals surface area contributed by atoms with Crippen LogP contribution in [0.4, 0.5) is 5.82 Å². The van der Waals surface area contributed by atoms with E-state index in [1.807, 2.05) is 0 Å². The fraction of sp³-hybridized carbons (Fsp3) is 0.400. The highest BCUT2D eigenvalue weighted by Crippen LogP contribution is 2.20. The Hall–Kier alpha value is -2.57. The number of amides is 2. The Bertz CT molecular complexity index is 662. The zero-order valence-electron chi connectivity index (χ0n) is 12.4. The van der Waals surface area contributed by atoms with Crippen LogP contribution in [0.3, 0.4) is 0 Å². The molecule has 1 saturated heterocycles. The van der Waals surface area contributed by atoms with E-state index in [0.717, 1.165) is 12.8 Å². The van der Waals surface area contributed by atoms with Gasteiger partial charge in [0.2, 0.25) is 5.91 Å². The average molecular weight is 302 g/mol. The van der Waals surface area contributed by atoms with Gasteiger partial charge in [-0.1, -0.05) is 0 Å². The number of piperidine rings is 1. The number of likely N-dealkylation sites (tertiary alicyclic amines) is 1. The monoisotopic (exact) mass is 302 g/mol. The SMILES string of the molecule is Cn1ccc(NC(=O)[C@H]2CCCN(C(=O)c3ccco3)C2)n1. The molecular weight excluding hydrogens is 284 g/mol. The smallest absolute Gasteiger partial charge is 0.289 e. The molecule has 2 aromatic heterocycles. The Morgan fingerprint density at radius 1 is 1.41 bits per heavy atom. The molecular formula is C15H18N4O3. The van der Waals surface area contributed by atoms with Crippen molar-refractivity contribution in [1.82, 2.24) is 14.7 Å². The topological polar surface area (TPSA) is 80.4 Å². The summed E-state index contributed by atoms with van der Waals surface area (Å²) < 4.78 is 6.77. The summed E-state index contributed by atoms with van der Waals surface area (Å²) in [4.78, 5) is 26.3. The molecule has 0 spiro atoms. The molecule has 3 rings (SSSR count). The highest BCUT2D eigenvalue weighted by Gasteiger charge is 2.30. The number of nitrogens with one attached hydrogen (secondary N) is 1. The third-order valence-corrected chi connectivity index (χ3v) is 3.78. The van der Waals surface area contributed by atoms with Crippen LogP contribution in [0.15, 0.2) is 35.1 Å². The van der Waals surface area contributed by atoms with Crippen molar-refractivity contribution in [2.75, 3.05) is 18.4 Å². The van der Waals surface area contributed by atoms with E-state index in [4.69, 9.17) is 4.42 Å². The number of furan rings is 1. The van der Waals surface area contributed by atoms with Crippen LogP contribution in [-0.2, 0) is 11.8 Å². The van der Waals surface area contributed by atoms with Gasteiger partial charge in [-0.25, -0.2) is 0 Å². The molecule has 22 heavy (non-hydrogen) atoms. The van der Waals surface area contributed by atoms with Crippen molar-refractivity contribution >= 4 is 17.6 Å². The molecule has 2 amide bonds. The average Bonchev–Trinajstić information content (AvgIpc) is 3.18. The summed E-state index contributed by atoms with van der Waals surface area (Å²) in [7, 11) is 1.79. The molecule has 7 heteroatoms. The van der Waals surface area contributed by atoms with E-state index in [-0.39, 0.29) is 17.7 Å². The van der Waals surface area contributed by atoms with Gasteiger partial charge in [0.1, 0.15) is 0 Å². The van der Waals surface area contributed by atoms with Crippen LogP contribution in [0.1, 0.15) is 23.4 Å². The van der Waals surface area contributed by atoms with Crippen LogP contribution in [0.25, 0.3) is 0 Å². The summed E-state index contributed by atoms with van der Waals surface area (Å²) in [5.41, 5.74) is 0. The van der Waals surface area contributed by atoms with Crippen molar-refractivity contribution in [2.45, 2.75) is 12.8 Å². The van der Waals surface area contributed by atoms with Gasteiger partial charge in [-0.2, -0.15) is 5.10 Å². The number of carbonyl (C=O) groups is 2. The normalized spacial score (nSPS) is 18.2. The minimum Gasteiger partial charge on any atom is -0.459 e. The highest BCUT2D eigenvalue weighted by atomic mass is 16.3. The Morgan fingerprint density at radius 3 is 2.95 bits per heavy atom.